The van der Waals surface area contributed by atoms with Crippen LogP contribution in [0.25, 0.3) is 0 Å². The lowest BCUT2D eigenvalue weighted by atomic mass is 9.47. The third-order valence-electron chi connectivity index (χ3n) is 10.8. The average Bonchev–Trinajstić information content (AvgIpc) is 3.13. The molecule has 0 spiro atoms. The first-order valence-corrected chi connectivity index (χ1v) is 14.9. The zero-order valence-corrected chi connectivity index (χ0v) is 22.4. The number of ether oxygens (including phenoxy) is 1. The zero-order valence-electron chi connectivity index (χ0n) is 21.7. The smallest absolute Gasteiger partial charge is 0.307 e. The summed E-state index contributed by atoms with van der Waals surface area (Å²) in [4.78, 5) is 12.0. The molecule has 2 nitrogen and oxygen atoms in total. The second-order valence-electron chi connectivity index (χ2n) is 12.4. The van der Waals surface area contributed by atoms with Gasteiger partial charge in [-0.2, -0.15) is 0 Å². The van der Waals surface area contributed by atoms with Crippen molar-refractivity contribution in [3.05, 3.63) is 11.6 Å². The Morgan fingerprint density at radius 3 is 2.61 bits per heavy atom. The number of rotatable bonds is 10. The monoisotopic (exact) mass is 476 g/mol. The van der Waals surface area contributed by atoms with Crippen LogP contribution in [0.2, 0.25) is 0 Å². The second kappa shape index (κ2) is 11.0. The van der Waals surface area contributed by atoms with Crippen molar-refractivity contribution in [2.24, 2.45) is 34.5 Å². The van der Waals surface area contributed by atoms with Crippen LogP contribution in [0.1, 0.15) is 124 Å². The maximum Gasteiger partial charge on any atom is 0.307 e. The van der Waals surface area contributed by atoms with Crippen molar-refractivity contribution in [2.75, 3.05) is 5.88 Å². The summed E-state index contributed by atoms with van der Waals surface area (Å²) in [5, 5.41) is 0. The normalized spacial score (nSPS) is 39.9. The molecule has 4 aliphatic rings. The van der Waals surface area contributed by atoms with Gasteiger partial charge in [0.05, 0.1) is 6.42 Å². The highest BCUT2D eigenvalue weighted by molar-refractivity contribution is 6.18. The van der Waals surface area contributed by atoms with E-state index >= 15 is 0 Å². The van der Waals surface area contributed by atoms with Crippen LogP contribution in [-0.4, -0.2) is 18.0 Å². The number of carbonyl (C=O) groups is 1. The fourth-order valence-electron chi connectivity index (χ4n) is 8.80. The van der Waals surface area contributed by atoms with Crippen LogP contribution in [0.15, 0.2) is 11.6 Å². The van der Waals surface area contributed by atoms with Crippen LogP contribution in [0, 0.1) is 34.5 Å². The van der Waals surface area contributed by atoms with Crippen molar-refractivity contribution in [1.82, 2.24) is 0 Å². The number of halogens is 1. The molecule has 7 atom stereocenters. The van der Waals surface area contributed by atoms with E-state index in [-0.39, 0.29) is 12.1 Å². The summed E-state index contributed by atoms with van der Waals surface area (Å²) < 4.78 is 5.77. The largest absolute Gasteiger partial charge is 0.462 e. The van der Waals surface area contributed by atoms with Crippen molar-refractivity contribution < 1.29 is 9.53 Å². The van der Waals surface area contributed by atoms with Crippen molar-refractivity contribution in [2.45, 2.75) is 130 Å². The van der Waals surface area contributed by atoms with E-state index in [1.807, 2.05) is 0 Å². The third-order valence-corrected chi connectivity index (χ3v) is 10.9. The van der Waals surface area contributed by atoms with Gasteiger partial charge in [-0.05, 0) is 85.9 Å². The Morgan fingerprint density at radius 1 is 1.03 bits per heavy atom. The molecule has 0 aromatic carbocycles. The minimum atomic E-state index is -0.122. The van der Waals surface area contributed by atoms with Gasteiger partial charge in [0.1, 0.15) is 6.10 Å². The van der Waals surface area contributed by atoms with Gasteiger partial charge in [-0.1, -0.05) is 70.9 Å². The molecule has 3 saturated carbocycles. The Labute approximate surface area is 208 Å². The first-order chi connectivity index (χ1) is 15.9. The van der Waals surface area contributed by atoms with Crippen molar-refractivity contribution in [3.8, 4) is 0 Å². The van der Waals surface area contributed by atoms with Gasteiger partial charge in [-0.25, -0.2) is 0 Å². The molecule has 0 saturated heterocycles. The highest BCUT2D eigenvalue weighted by atomic mass is 35.5. The third kappa shape index (κ3) is 5.22. The molecule has 0 aromatic rings. The lowest BCUT2D eigenvalue weighted by molar-refractivity contribution is -0.151. The minimum absolute atomic E-state index is 0.0682. The van der Waals surface area contributed by atoms with E-state index < -0.39 is 0 Å². The van der Waals surface area contributed by atoms with Crippen LogP contribution in [0.4, 0.5) is 0 Å². The highest BCUT2D eigenvalue weighted by Crippen LogP contribution is 2.66. The van der Waals surface area contributed by atoms with E-state index in [0.717, 1.165) is 36.5 Å². The lowest BCUT2D eigenvalue weighted by Crippen LogP contribution is -2.50. The summed E-state index contributed by atoms with van der Waals surface area (Å²) in [6, 6.07) is 0. The molecule has 0 aromatic heterocycles. The predicted molar refractivity (Wildman–Crippen MR) is 138 cm³/mol. The van der Waals surface area contributed by atoms with Gasteiger partial charge in [0, 0.05) is 12.3 Å². The Morgan fingerprint density at radius 2 is 1.82 bits per heavy atom. The maximum absolute atomic E-state index is 12.0. The first-order valence-electron chi connectivity index (χ1n) is 14.4. The molecule has 0 aliphatic heterocycles. The quantitative estimate of drug-likeness (QED) is 0.136. The van der Waals surface area contributed by atoms with E-state index in [4.69, 9.17) is 16.3 Å². The van der Waals surface area contributed by atoms with Crippen LogP contribution < -0.4 is 0 Å². The van der Waals surface area contributed by atoms with E-state index in [0.29, 0.717) is 23.1 Å². The van der Waals surface area contributed by atoms with Gasteiger partial charge in [0.15, 0.2) is 0 Å². The van der Waals surface area contributed by atoms with Gasteiger partial charge in [0.25, 0.3) is 0 Å². The van der Waals surface area contributed by atoms with Crippen LogP contribution in [-0.2, 0) is 9.53 Å². The van der Waals surface area contributed by atoms with Gasteiger partial charge >= 0.3 is 5.97 Å². The molecule has 3 heteroatoms. The highest BCUT2D eigenvalue weighted by Gasteiger charge is 2.58. The molecule has 0 heterocycles. The Balaban J connectivity index is 1.37. The lowest BCUT2D eigenvalue weighted by Gasteiger charge is -2.58. The first kappa shape index (κ1) is 25.6. The summed E-state index contributed by atoms with van der Waals surface area (Å²) in [6.07, 6.45) is 23.2. The summed E-state index contributed by atoms with van der Waals surface area (Å²) in [6.45, 7) is 7.54. The molecule has 188 valence electrons. The Bertz CT molecular complexity index is 701. The molecular weight excluding hydrogens is 428 g/mol. The van der Waals surface area contributed by atoms with Crippen LogP contribution >= 0.6 is 11.6 Å². The molecule has 33 heavy (non-hydrogen) atoms. The van der Waals surface area contributed by atoms with E-state index in [9.17, 15) is 4.79 Å². The van der Waals surface area contributed by atoms with Gasteiger partial charge < -0.3 is 4.74 Å². The summed E-state index contributed by atoms with van der Waals surface area (Å²) in [5.74, 6) is 3.84. The second-order valence-corrected chi connectivity index (χ2v) is 12.8. The molecule has 0 bridgehead atoms. The summed E-state index contributed by atoms with van der Waals surface area (Å²) >= 11 is 5.73. The van der Waals surface area contributed by atoms with Crippen LogP contribution in [0.5, 0.6) is 0 Å². The van der Waals surface area contributed by atoms with Crippen molar-refractivity contribution >= 4 is 17.6 Å². The van der Waals surface area contributed by atoms with Gasteiger partial charge in [-0.3, -0.25) is 4.79 Å². The number of carbonyl (C=O) groups excluding carboxylic acids is 1. The minimum Gasteiger partial charge on any atom is -0.462 e. The molecule has 0 radical (unpaired) electrons. The molecule has 0 N–H and O–H groups in total. The number of hydrogen-bond donors (Lipinski definition) is 0. The molecule has 0 unspecified atom stereocenters. The van der Waals surface area contributed by atoms with E-state index in [1.54, 1.807) is 5.57 Å². The number of alkyl halides is 1. The molecule has 3 fully saturated rings. The topological polar surface area (TPSA) is 26.3 Å². The van der Waals surface area contributed by atoms with Crippen molar-refractivity contribution in [3.63, 3.8) is 0 Å². The summed E-state index contributed by atoms with van der Waals surface area (Å²) in [5.41, 5.74) is 2.52. The summed E-state index contributed by atoms with van der Waals surface area (Å²) in [7, 11) is 0. The number of hydrogen-bond acceptors (Lipinski definition) is 2. The molecular formula is C30H49ClO2. The number of allylic oxidation sites excluding steroid dienone is 1. The predicted octanol–water partition coefficient (Wildman–Crippen LogP) is 8.86. The molecule has 4 aliphatic carbocycles. The zero-order chi connectivity index (χ0) is 23.5. The molecule has 0 amide bonds. The Kier molecular flexibility index (Phi) is 8.57. The van der Waals surface area contributed by atoms with Gasteiger partial charge in [0.2, 0.25) is 0 Å². The van der Waals surface area contributed by atoms with E-state index in [2.05, 4.69) is 26.8 Å². The fourth-order valence-corrected chi connectivity index (χ4v) is 8.96. The Hall–Kier alpha value is -0.500. The fraction of sp³-hybridized carbons (Fsp3) is 0.900. The van der Waals surface area contributed by atoms with Crippen molar-refractivity contribution in [1.29, 1.82) is 0 Å². The number of esters is 1. The average molecular weight is 477 g/mol. The SMILES string of the molecule is CCCCCCCC[C@H]1CC[C@H]2[C@H]3CC=C4C[C@@H](OC(=O)CCCl)CC[C@]4(C)[C@@H]3CC[C@]12C. The maximum atomic E-state index is 12.0. The molecule has 4 rings (SSSR count). The van der Waals surface area contributed by atoms with E-state index in [1.165, 1.54) is 83.5 Å². The number of fused-ring (bicyclic) bond motifs is 5. The van der Waals surface area contributed by atoms with Gasteiger partial charge in [-0.15, -0.1) is 11.6 Å². The van der Waals surface area contributed by atoms with Crippen LogP contribution in [0.3, 0.4) is 0 Å². The standard InChI is InChI=1S/C30H49ClO2/c1-4-5-6-7-8-9-10-22-12-14-26-25-13-11-23-21-24(33-28(32)17-20-31)15-18-30(23,3)27(25)16-19-29(22,26)2/h11,22,24-27H,4-10,12-21H2,1-3H3/t22-,24-,25+,26-,27+,29+,30-/m0/s1. The number of unbranched alkanes of at least 4 members (excludes halogenated alkanes) is 5.